The zero-order valence-corrected chi connectivity index (χ0v) is 12.1. The van der Waals surface area contributed by atoms with Crippen LogP contribution in [0.2, 0.25) is 0 Å². The van der Waals surface area contributed by atoms with Gasteiger partial charge in [-0.15, -0.1) is 0 Å². The van der Waals surface area contributed by atoms with Gasteiger partial charge in [0, 0.05) is 42.9 Å². The summed E-state index contributed by atoms with van der Waals surface area (Å²) in [7, 11) is 0. The van der Waals surface area contributed by atoms with Crippen LogP contribution in [0, 0.1) is 0 Å². The molecule has 6 heteroatoms. The second kappa shape index (κ2) is 5.31. The summed E-state index contributed by atoms with van der Waals surface area (Å²) in [6, 6.07) is 8.40. The van der Waals surface area contributed by atoms with E-state index < -0.39 is 0 Å². The van der Waals surface area contributed by atoms with Gasteiger partial charge in [0.15, 0.2) is 11.5 Å². The van der Waals surface area contributed by atoms with Gasteiger partial charge in [-0.1, -0.05) is 12.1 Å². The van der Waals surface area contributed by atoms with E-state index in [9.17, 15) is 0 Å². The first-order valence-electron chi connectivity index (χ1n) is 7.33. The van der Waals surface area contributed by atoms with E-state index in [4.69, 9.17) is 10.5 Å². The minimum atomic E-state index is 0.444. The molecule has 3 aromatic rings. The van der Waals surface area contributed by atoms with Crippen LogP contribution in [-0.4, -0.2) is 40.7 Å². The molecule has 2 aromatic heterocycles. The molecule has 0 unspecified atom stereocenters. The smallest absolute Gasteiger partial charge is 0.179 e. The fourth-order valence-electron chi connectivity index (χ4n) is 2.76. The van der Waals surface area contributed by atoms with Gasteiger partial charge in [-0.05, 0) is 12.1 Å². The highest BCUT2D eigenvalue weighted by atomic mass is 16.5. The number of rotatable bonds is 2. The molecule has 1 aliphatic heterocycles. The maximum Gasteiger partial charge on any atom is 0.179 e. The lowest BCUT2D eigenvalue weighted by atomic mass is 10.1. The van der Waals surface area contributed by atoms with Gasteiger partial charge in [0.1, 0.15) is 0 Å². The molecule has 2 N–H and O–H groups in total. The zero-order chi connectivity index (χ0) is 14.9. The average Bonchev–Trinajstić information content (AvgIpc) is 3.05. The van der Waals surface area contributed by atoms with Gasteiger partial charge in [-0.2, -0.15) is 0 Å². The van der Waals surface area contributed by atoms with E-state index in [1.165, 1.54) is 5.69 Å². The van der Waals surface area contributed by atoms with E-state index in [0.29, 0.717) is 11.5 Å². The third-order valence-electron chi connectivity index (χ3n) is 3.94. The minimum Gasteiger partial charge on any atom is -0.381 e. The molecule has 1 aromatic carbocycles. The Hall–Kier alpha value is -2.60. The molecule has 22 heavy (non-hydrogen) atoms. The number of nitrogens with zero attached hydrogens (tertiary/aromatic N) is 4. The van der Waals surface area contributed by atoms with Crippen molar-refractivity contribution >= 4 is 17.2 Å². The number of hydrogen-bond donors (Lipinski definition) is 1. The molecule has 0 amide bonds. The lowest BCUT2D eigenvalue weighted by Gasteiger charge is -2.28. The molecular weight excluding hydrogens is 278 g/mol. The first-order valence-corrected chi connectivity index (χ1v) is 7.33. The molecule has 112 valence electrons. The van der Waals surface area contributed by atoms with Gasteiger partial charge >= 0.3 is 0 Å². The summed E-state index contributed by atoms with van der Waals surface area (Å²) >= 11 is 0. The van der Waals surface area contributed by atoms with Crippen LogP contribution < -0.4 is 10.6 Å². The Bertz CT molecular complexity index is 790. The number of nitrogen functional groups attached to an aromatic ring is 1. The van der Waals surface area contributed by atoms with Crippen molar-refractivity contribution in [1.82, 2.24) is 14.4 Å². The number of anilines is 2. The van der Waals surface area contributed by atoms with Gasteiger partial charge in [-0.25, -0.2) is 9.97 Å². The van der Waals surface area contributed by atoms with Crippen LogP contribution in [0.15, 0.2) is 42.9 Å². The molecule has 1 fully saturated rings. The third kappa shape index (κ3) is 2.27. The number of ether oxygens (including phenoxy) is 1. The molecule has 0 saturated carbocycles. The molecule has 4 rings (SSSR count). The lowest BCUT2D eigenvalue weighted by molar-refractivity contribution is 0.122. The fraction of sp³-hybridized carbons (Fsp3) is 0.250. The van der Waals surface area contributed by atoms with Crippen LogP contribution in [0.4, 0.5) is 11.5 Å². The predicted molar refractivity (Wildman–Crippen MR) is 85.9 cm³/mol. The van der Waals surface area contributed by atoms with Crippen LogP contribution >= 0.6 is 0 Å². The van der Waals surface area contributed by atoms with Crippen molar-refractivity contribution in [3.8, 4) is 11.3 Å². The van der Waals surface area contributed by atoms with Gasteiger partial charge in [0.2, 0.25) is 0 Å². The first kappa shape index (κ1) is 13.1. The van der Waals surface area contributed by atoms with E-state index in [1.54, 1.807) is 6.20 Å². The summed E-state index contributed by atoms with van der Waals surface area (Å²) in [5.74, 6) is 0.444. The van der Waals surface area contributed by atoms with Gasteiger partial charge in [0.25, 0.3) is 0 Å². The average molecular weight is 295 g/mol. The highest BCUT2D eigenvalue weighted by molar-refractivity contribution is 5.68. The second-order valence-electron chi connectivity index (χ2n) is 5.32. The highest BCUT2D eigenvalue weighted by Gasteiger charge is 2.12. The van der Waals surface area contributed by atoms with Crippen molar-refractivity contribution in [2.75, 3.05) is 36.9 Å². The van der Waals surface area contributed by atoms with E-state index >= 15 is 0 Å². The van der Waals surface area contributed by atoms with Crippen LogP contribution in [0.1, 0.15) is 0 Å². The number of hydrogen-bond acceptors (Lipinski definition) is 5. The van der Waals surface area contributed by atoms with Gasteiger partial charge in [0.05, 0.1) is 18.9 Å². The van der Waals surface area contributed by atoms with Crippen molar-refractivity contribution in [1.29, 1.82) is 0 Å². The predicted octanol–water partition coefficient (Wildman–Crippen LogP) is 1.82. The fourth-order valence-corrected chi connectivity index (χ4v) is 2.76. The Morgan fingerprint density at radius 3 is 2.64 bits per heavy atom. The summed E-state index contributed by atoms with van der Waals surface area (Å²) in [5, 5.41) is 0. The third-order valence-corrected chi connectivity index (χ3v) is 3.94. The van der Waals surface area contributed by atoms with Crippen LogP contribution in [0.3, 0.4) is 0 Å². The summed E-state index contributed by atoms with van der Waals surface area (Å²) in [6.45, 7) is 3.45. The highest BCUT2D eigenvalue weighted by Crippen LogP contribution is 2.24. The molecule has 0 spiro atoms. The molecule has 0 aliphatic carbocycles. The Kier molecular flexibility index (Phi) is 3.16. The molecule has 0 radical (unpaired) electrons. The Labute approximate surface area is 128 Å². The maximum absolute atomic E-state index is 5.97. The number of benzene rings is 1. The number of nitrogens with two attached hydrogens (primary N) is 1. The zero-order valence-electron chi connectivity index (χ0n) is 12.1. The summed E-state index contributed by atoms with van der Waals surface area (Å²) in [5.41, 5.74) is 9.75. The minimum absolute atomic E-state index is 0.444. The normalized spacial score (nSPS) is 15.4. The van der Waals surface area contributed by atoms with Crippen molar-refractivity contribution in [2.45, 2.75) is 0 Å². The van der Waals surface area contributed by atoms with E-state index in [0.717, 1.165) is 37.6 Å². The quantitative estimate of drug-likeness (QED) is 0.781. The second-order valence-corrected chi connectivity index (χ2v) is 5.32. The first-order chi connectivity index (χ1) is 10.8. The molecule has 6 nitrogen and oxygen atoms in total. The molecule has 0 bridgehead atoms. The van der Waals surface area contributed by atoms with Crippen molar-refractivity contribution in [3.63, 3.8) is 0 Å². The Balaban J connectivity index is 1.66. The van der Waals surface area contributed by atoms with Crippen LogP contribution in [-0.2, 0) is 4.74 Å². The maximum atomic E-state index is 5.97. The van der Waals surface area contributed by atoms with Gasteiger partial charge in [-0.3, -0.25) is 0 Å². The largest absolute Gasteiger partial charge is 0.381 e. The van der Waals surface area contributed by atoms with E-state index in [-0.39, 0.29) is 0 Å². The topological polar surface area (TPSA) is 68.7 Å². The molecule has 1 saturated heterocycles. The number of morpholine rings is 1. The monoisotopic (exact) mass is 295 g/mol. The molecule has 0 atom stereocenters. The van der Waals surface area contributed by atoms with Crippen LogP contribution in [0.5, 0.6) is 0 Å². The van der Waals surface area contributed by atoms with Gasteiger partial charge < -0.3 is 19.8 Å². The summed E-state index contributed by atoms with van der Waals surface area (Å²) < 4.78 is 7.28. The number of aromatic nitrogens is 3. The standard InChI is InChI=1S/C16H17N5O/c17-15-16-18-5-6-21(16)11-14(19-15)12-1-3-13(4-2-12)20-7-9-22-10-8-20/h1-6,11H,7-10H2,(H2,17,19). The molecule has 3 heterocycles. The van der Waals surface area contributed by atoms with E-state index in [2.05, 4.69) is 39.1 Å². The summed E-state index contributed by atoms with van der Waals surface area (Å²) in [6.07, 6.45) is 5.54. The molecule has 1 aliphatic rings. The molecular formula is C16H17N5O. The van der Waals surface area contributed by atoms with E-state index in [1.807, 2.05) is 16.8 Å². The van der Waals surface area contributed by atoms with Crippen molar-refractivity contribution in [3.05, 3.63) is 42.9 Å². The Morgan fingerprint density at radius 1 is 1.09 bits per heavy atom. The Morgan fingerprint density at radius 2 is 1.86 bits per heavy atom. The summed E-state index contributed by atoms with van der Waals surface area (Å²) in [4.78, 5) is 11.0. The number of fused-ring (bicyclic) bond motifs is 1. The van der Waals surface area contributed by atoms with Crippen molar-refractivity contribution in [2.24, 2.45) is 0 Å². The van der Waals surface area contributed by atoms with Crippen LogP contribution in [0.25, 0.3) is 16.9 Å². The lowest BCUT2D eigenvalue weighted by Crippen LogP contribution is -2.36. The van der Waals surface area contributed by atoms with Crippen molar-refractivity contribution < 1.29 is 4.74 Å². The number of imidazole rings is 1. The SMILES string of the molecule is Nc1nc(-c2ccc(N3CCOCC3)cc2)cn2ccnc12.